The topological polar surface area (TPSA) is 137 Å². The first kappa shape index (κ1) is 38.3. The molecule has 0 spiro atoms. The summed E-state index contributed by atoms with van der Waals surface area (Å²) >= 11 is 12.8. The zero-order valence-corrected chi connectivity index (χ0v) is 31.4. The number of phenols is 1. The van der Waals surface area contributed by atoms with Crippen molar-refractivity contribution in [1.29, 1.82) is 0 Å². The number of carbonyl (C=O) groups excluding carboxylic acids is 2. The molecule has 274 valence electrons. The van der Waals surface area contributed by atoms with Crippen molar-refractivity contribution in [1.82, 2.24) is 25.9 Å². The first-order valence-corrected chi connectivity index (χ1v) is 17.7. The molecule has 11 nitrogen and oxygen atoms in total. The Balaban J connectivity index is 1.23. The van der Waals surface area contributed by atoms with Gasteiger partial charge in [0.05, 0.1) is 23.3 Å². The third-order valence-corrected chi connectivity index (χ3v) is 9.35. The molecule has 0 saturated carbocycles. The van der Waals surface area contributed by atoms with Crippen LogP contribution in [0.2, 0.25) is 10.0 Å². The number of amides is 3. The number of aromatic hydroxyl groups is 1. The molecule has 0 aliphatic carbocycles. The van der Waals surface area contributed by atoms with E-state index in [0.29, 0.717) is 36.7 Å². The Labute approximate surface area is 313 Å². The minimum Gasteiger partial charge on any atom is -0.506 e. The molecule has 0 fully saturated rings. The maximum atomic E-state index is 13.4. The van der Waals surface area contributed by atoms with Crippen LogP contribution in [0.15, 0.2) is 89.5 Å². The summed E-state index contributed by atoms with van der Waals surface area (Å²) in [6, 6.07) is 21.3. The summed E-state index contributed by atoms with van der Waals surface area (Å²) in [6.07, 6.45) is 2.35. The molecule has 0 radical (unpaired) electrons. The molecule has 0 bridgehead atoms. The van der Waals surface area contributed by atoms with E-state index in [1.54, 1.807) is 34.7 Å². The molecule has 52 heavy (non-hydrogen) atoms. The summed E-state index contributed by atoms with van der Waals surface area (Å²) in [4.78, 5) is 38.3. The van der Waals surface area contributed by atoms with Crippen molar-refractivity contribution in [2.24, 2.45) is 5.41 Å². The molecular weight excluding hydrogens is 703 g/mol. The van der Waals surface area contributed by atoms with Crippen molar-refractivity contribution < 1.29 is 19.4 Å². The molecule has 1 atom stereocenters. The molecule has 1 aromatic heterocycles. The number of pyridine rings is 1. The lowest BCUT2D eigenvalue weighted by Gasteiger charge is -2.29. The third kappa shape index (κ3) is 9.47. The molecule has 5 rings (SSSR count). The number of halogens is 2. The molecule has 2 heterocycles. The van der Waals surface area contributed by atoms with Crippen LogP contribution in [0.3, 0.4) is 0 Å². The average Bonchev–Trinajstić information content (AvgIpc) is 3.55. The molecule has 1 unspecified atom stereocenters. The van der Waals surface area contributed by atoms with Crippen LogP contribution in [0.1, 0.15) is 62.1 Å². The van der Waals surface area contributed by atoms with Gasteiger partial charge in [-0.1, -0.05) is 99.4 Å². The number of nitrogens with zero attached hydrogens (tertiary/aromatic N) is 2. The van der Waals surface area contributed by atoms with E-state index in [0.717, 1.165) is 22.3 Å². The highest BCUT2D eigenvalue weighted by molar-refractivity contribution is 6.32. The fraction of sp³-hybridized carbons (Fsp3) is 0.308. The highest BCUT2D eigenvalue weighted by atomic mass is 35.5. The quantitative estimate of drug-likeness (QED) is 0.106. The van der Waals surface area contributed by atoms with Crippen LogP contribution in [0.4, 0.5) is 10.5 Å². The van der Waals surface area contributed by atoms with Crippen LogP contribution in [0, 0.1) is 12.3 Å². The Morgan fingerprint density at radius 2 is 1.67 bits per heavy atom. The lowest BCUT2D eigenvalue weighted by atomic mass is 9.87. The number of rotatable bonds is 12. The largest absolute Gasteiger partial charge is 0.506 e. The zero-order chi connectivity index (χ0) is 37.6. The Hall–Kier alpha value is -4.97. The predicted molar refractivity (Wildman–Crippen MR) is 204 cm³/mol. The van der Waals surface area contributed by atoms with Gasteiger partial charge in [-0.3, -0.25) is 19.9 Å². The number of hydrogen-bond acceptors (Lipinski definition) is 7. The zero-order valence-electron chi connectivity index (χ0n) is 29.8. The maximum Gasteiger partial charge on any atom is 0.320 e. The lowest BCUT2D eigenvalue weighted by Crippen LogP contribution is -2.46. The van der Waals surface area contributed by atoms with E-state index in [1.807, 2.05) is 61.5 Å². The standard InChI is InChI=1S/C39H44Cl2N6O5/c1-6-35(49)42-20-25-10-9-11-26(17-25)22-46-24(2)16-32(36(41)37(46)50)52-23-28-13-8-7-12-27(28)21-43-38(51)44-34-19-33(39(3,4)5)45-47(34)29-14-15-31(48)30(40)18-29/h7-19,33,45,48H,6,20-23H2,1-5H3,(H,42,49)(H2,43,44,51). The average molecular weight is 748 g/mol. The highest BCUT2D eigenvalue weighted by Gasteiger charge is 2.33. The van der Waals surface area contributed by atoms with Gasteiger partial charge in [-0.2, -0.15) is 0 Å². The molecule has 0 saturated heterocycles. The predicted octanol–water partition coefficient (Wildman–Crippen LogP) is 6.90. The van der Waals surface area contributed by atoms with E-state index in [9.17, 15) is 19.5 Å². The summed E-state index contributed by atoms with van der Waals surface area (Å²) in [7, 11) is 0. The molecule has 5 N–H and O–H groups in total. The highest BCUT2D eigenvalue weighted by Crippen LogP contribution is 2.33. The van der Waals surface area contributed by atoms with Crippen molar-refractivity contribution in [3.8, 4) is 11.5 Å². The second-order valence-electron chi connectivity index (χ2n) is 13.7. The van der Waals surface area contributed by atoms with E-state index < -0.39 is 6.03 Å². The van der Waals surface area contributed by atoms with E-state index >= 15 is 0 Å². The third-order valence-electron chi connectivity index (χ3n) is 8.70. The number of aryl methyl sites for hydroxylation is 1. The minimum absolute atomic E-state index is 0.0285. The molecule has 1 aliphatic rings. The van der Waals surface area contributed by atoms with Gasteiger partial charge in [-0.05, 0) is 58.9 Å². The van der Waals surface area contributed by atoms with Crippen molar-refractivity contribution in [3.63, 3.8) is 0 Å². The van der Waals surface area contributed by atoms with E-state index in [1.165, 1.54) is 6.07 Å². The maximum absolute atomic E-state index is 13.4. The summed E-state index contributed by atoms with van der Waals surface area (Å²) < 4.78 is 7.68. The van der Waals surface area contributed by atoms with Gasteiger partial charge in [0.1, 0.15) is 28.9 Å². The van der Waals surface area contributed by atoms with Crippen LogP contribution < -0.4 is 36.7 Å². The van der Waals surface area contributed by atoms with Gasteiger partial charge < -0.3 is 25.0 Å². The van der Waals surface area contributed by atoms with Crippen LogP contribution in [0.25, 0.3) is 0 Å². The Morgan fingerprint density at radius 1 is 0.942 bits per heavy atom. The fourth-order valence-electron chi connectivity index (χ4n) is 5.59. The molecule has 13 heteroatoms. The Bertz CT molecular complexity index is 2040. The summed E-state index contributed by atoms with van der Waals surface area (Å²) in [5, 5.41) is 20.5. The lowest BCUT2D eigenvalue weighted by molar-refractivity contribution is -0.120. The minimum atomic E-state index is -0.424. The number of hydrogen-bond donors (Lipinski definition) is 5. The first-order chi connectivity index (χ1) is 24.7. The SMILES string of the molecule is CCC(=O)NCc1cccc(Cn2c(C)cc(OCc3ccccc3CNC(=O)NC3=CC(C(C)(C)C)NN3c3ccc(O)c(Cl)c3)c(Cl)c2=O)c1. The second-order valence-corrected chi connectivity index (χ2v) is 14.5. The second kappa shape index (κ2) is 16.6. The Morgan fingerprint density at radius 3 is 2.38 bits per heavy atom. The summed E-state index contributed by atoms with van der Waals surface area (Å²) in [5.41, 5.74) is 7.65. The number of benzene rings is 3. The number of hydrazine groups is 1. The van der Waals surface area contributed by atoms with Crippen LogP contribution >= 0.6 is 23.2 Å². The number of ether oxygens (including phenoxy) is 1. The van der Waals surface area contributed by atoms with E-state index in [4.69, 9.17) is 27.9 Å². The summed E-state index contributed by atoms with van der Waals surface area (Å²) in [6.45, 7) is 10.9. The molecule has 3 aromatic carbocycles. The monoisotopic (exact) mass is 746 g/mol. The molecule has 1 aliphatic heterocycles. The van der Waals surface area contributed by atoms with Gasteiger partial charge in [0.25, 0.3) is 5.56 Å². The van der Waals surface area contributed by atoms with E-state index in [2.05, 4.69) is 42.1 Å². The van der Waals surface area contributed by atoms with Gasteiger partial charge in [-0.15, -0.1) is 0 Å². The van der Waals surface area contributed by atoms with Crippen molar-refractivity contribution in [2.45, 2.75) is 73.3 Å². The number of urea groups is 1. The number of phenolic OH excluding ortho intramolecular Hbond substituents is 1. The van der Waals surface area contributed by atoms with Gasteiger partial charge in [0.2, 0.25) is 5.91 Å². The normalized spacial score (nSPS) is 14.2. The number of carbonyl (C=O) groups is 2. The summed E-state index contributed by atoms with van der Waals surface area (Å²) in [5.74, 6) is 0.717. The van der Waals surface area contributed by atoms with Crippen LogP contribution in [-0.2, 0) is 31.0 Å². The van der Waals surface area contributed by atoms with E-state index in [-0.39, 0.29) is 57.6 Å². The van der Waals surface area contributed by atoms with Gasteiger partial charge in [0.15, 0.2) is 0 Å². The fourth-order valence-corrected chi connectivity index (χ4v) is 5.98. The van der Waals surface area contributed by atoms with Crippen molar-refractivity contribution >= 4 is 40.8 Å². The van der Waals surface area contributed by atoms with Gasteiger partial charge >= 0.3 is 6.03 Å². The smallest absolute Gasteiger partial charge is 0.320 e. The number of anilines is 1. The van der Waals surface area contributed by atoms with Gasteiger partial charge in [-0.25, -0.2) is 10.2 Å². The van der Waals surface area contributed by atoms with Crippen molar-refractivity contribution in [2.75, 3.05) is 5.01 Å². The van der Waals surface area contributed by atoms with Crippen molar-refractivity contribution in [3.05, 3.63) is 133 Å². The Kier molecular flexibility index (Phi) is 12.2. The molecule has 3 amide bonds. The first-order valence-electron chi connectivity index (χ1n) is 17.0. The van der Waals surface area contributed by atoms with Gasteiger partial charge in [0, 0.05) is 31.3 Å². The molecule has 4 aromatic rings. The van der Waals surface area contributed by atoms with Crippen LogP contribution in [-0.4, -0.2) is 27.7 Å². The number of aromatic nitrogens is 1. The molecular formula is C39H44Cl2N6O5. The number of nitrogens with one attached hydrogen (secondary N) is 4. The van der Waals surface area contributed by atoms with Crippen LogP contribution in [0.5, 0.6) is 11.5 Å².